The minimum Gasteiger partial charge on any atom is -0.361 e. The van der Waals surface area contributed by atoms with E-state index in [1.54, 1.807) is 0 Å². The molecule has 0 aromatic heterocycles. The van der Waals surface area contributed by atoms with Crippen LogP contribution in [0.15, 0.2) is 12.2 Å². The summed E-state index contributed by atoms with van der Waals surface area (Å²) in [5.41, 5.74) is 9.82. The molecule has 1 saturated carbocycles. The second-order valence-electron chi connectivity index (χ2n) is 5.88. The SMILES string of the molecule is C=C(CCC(=O)C=[N+]=[N-])[C@]1(C)CCCC1(C)C. The first-order chi connectivity index (χ1) is 7.83. The fourth-order valence-corrected chi connectivity index (χ4v) is 2.83. The minimum atomic E-state index is -0.145. The monoisotopic (exact) mass is 234 g/mol. The Kier molecular flexibility index (Phi) is 4.05. The summed E-state index contributed by atoms with van der Waals surface area (Å²) in [6.45, 7) is 11.0. The van der Waals surface area contributed by atoms with Gasteiger partial charge in [-0.2, -0.15) is 4.79 Å². The van der Waals surface area contributed by atoms with E-state index >= 15 is 0 Å². The summed E-state index contributed by atoms with van der Waals surface area (Å²) in [4.78, 5) is 14.0. The van der Waals surface area contributed by atoms with E-state index in [-0.39, 0.29) is 16.6 Å². The molecule has 0 aromatic rings. The molecular formula is C14H22N2O. The molecule has 3 nitrogen and oxygen atoms in total. The van der Waals surface area contributed by atoms with E-state index < -0.39 is 0 Å². The molecular weight excluding hydrogens is 212 g/mol. The zero-order valence-corrected chi connectivity index (χ0v) is 11.1. The van der Waals surface area contributed by atoms with E-state index in [1.807, 2.05) is 0 Å². The van der Waals surface area contributed by atoms with Crippen LogP contribution < -0.4 is 0 Å². The van der Waals surface area contributed by atoms with Crippen molar-refractivity contribution in [3.63, 3.8) is 0 Å². The van der Waals surface area contributed by atoms with Crippen LogP contribution >= 0.6 is 0 Å². The number of hydrogen-bond acceptors (Lipinski definition) is 1. The minimum absolute atomic E-state index is 0.129. The van der Waals surface area contributed by atoms with Gasteiger partial charge in [0.25, 0.3) is 0 Å². The van der Waals surface area contributed by atoms with Gasteiger partial charge in [-0.15, -0.1) is 0 Å². The van der Waals surface area contributed by atoms with Crippen LogP contribution in [0.1, 0.15) is 52.9 Å². The molecule has 0 spiro atoms. The highest BCUT2D eigenvalue weighted by Gasteiger charge is 2.46. The molecule has 0 bridgehead atoms. The number of carbonyl (C=O) groups is 1. The van der Waals surface area contributed by atoms with Gasteiger partial charge in [-0.05, 0) is 30.1 Å². The normalized spacial score (nSPS) is 26.3. The molecule has 3 heteroatoms. The predicted octanol–water partition coefficient (Wildman–Crippen LogP) is 3.41. The molecule has 1 aliphatic rings. The maximum absolute atomic E-state index is 11.3. The number of ketones is 1. The Labute approximate surface area is 104 Å². The Hall–Kier alpha value is -1.21. The van der Waals surface area contributed by atoms with Crippen LogP contribution in [0, 0.1) is 10.8 Å². The summed E-state index contributed by atoms with van der Waals surface area (Å²) in [7, 11) is 0. The van der Waals surface area contributed by atoms with Crippen LogP contribution in [0.25, 0.3) is 5.53 Å². The molecule has 94 valence electrons. The Morgan fingerprint density at radius 2 is 2.00 bits per heavy atom. The molecule has 0 amide bonds. The second-order valence-corrected chi connectivity index (χ2v) is 5.88. The van der Waals surface area contributed by atoms with Gasteiger partial charge in [0, 0.05) is 6.42 Å². The third-order valence-electron chi connectivity index (χ3n) is 4.63. The molecule has 1 rings (SSSR count). The number of rotatable bonds is 5. The summed E-state index contributed by atoms with van der Waals surface area (Å²) >= 11 is 0. The van der Waals surface area contributed by atoms with Crippen LogP contribution in [-0.4, -0.2) is 16.8 Å². The first kappa shape index (κ1) is 13.9. The van der Waals surface area contributed by atoms with Crippen molar-refractivity contribution in [2.75, 3.05) is 0 Å². The van der Waals surface area contributed by atoms with Crippen LogP contribution in [0.4, 0.5) is 0 Å². The highest BCUT2D eigenvalue weighted by molar-refractivity contribution is 6.25. The van der Waals surface area contributed by atoms with Crippen molar-refractivity contribution in [2.24, 2.45) is 10.8 Å². The molecule has 17 heavy (non-hydrogen) atoms. The number of allylic oxidation sites excluding steroid dienone is 1. The summed E-state index contributed by atoms with van der Waals surface area (Å²) in [6, 6.07) is 0. The van der Waals surface area contributed by atoms with E-state index in [0.717, 1.165) is 18.2 Å². The lowest BCUT2D eigenvalue weighted by atomic mass is 9.64. The summed E-state index contributed by atoms with van der Waals surface area (Å²) in [6.07, 6.45) is 5.64. The Balaban J connectivity index is 2.64. The van der Waals surface area contributed by atoms with Gasteiger partial charge in [-0.1, -0.05) is 39.3 Å². The van der Waals surface area contributed by atoms with Gasteiger partial charge < -0.3 is 5.53 Å². The summed E-state index contributed by atoms with van der Waals surface area (Å²) in [5, 5.41) is 0. The summed E-state index contributed by atoms with van der Waals surface area (Å²) in [5.74, 6) is -0.145. The number of Topliss-reactive ketones (excluding diaryl/α,β-unsaturated/α-hetero) is 1. The van der Waals surface area contributed by atoms with Crippen molar-refractivity contribution in [1.82, 2.24) is 0 Å². The number of nitrogens with zero attached hydrogens (tertiary/aromatic N) is 2. The third-order valence-corrected chi connectivity index (χ3v) is 4.63. The van der Waals surface area contributed by atoms with Crippen molar-refractivity contribution in [2.45, 2.75) is 52.9 Å². The lowest BCUT2D eigenvalue weighted by molar-refractivity contribution is -0.116. The van der Waals surface area contributed by atoms with Crippen molar-refractivity contribution in [1.29, 1.82) is 0 Å². The first-order valence-electron chi connectivity index (χ1n) is 6.22. The van der Waals surface area contributed by atoms with Crippen LogP contribution in [0.3, 0.4) is 0 Å². The largest absolute Gasteiger partial charge is 0.361 e. The highest BCUT2D eigenvalue weighted by Crippen LogP contribution is 2.56. The van der Waals surface area contributed by atoms with Gasteiger partial charge in [0.15, 0.2) is 0 Å². The van der Waals surface area contributed by atoms with Crippen molar-refractivity contribution >= 4 is 12.0 Å². The zero-order valence-electron chi connectivity index (χ0n) is 11.1. The van der Waals surface area contributed by atoms with Gasteiger partial charge in [0.05, 0.1) is 0 Å². The Morgan fingerprint density at radius 1 is 1.35 bits per heavy atom. The van der Waals surface area contributed by atoms with Gasteiger partial charge in [-0.3, -0.25) is 4.79 Å². The van der Waals surface area contributed by atoms with Crippen LogP contribution in [0.5, 0.6) is 0 Å². The molecule has 0 aliphatic heterocycles. The van der Waals surface area contributed by atoms with Gasteiger partial charge in [0.1, 0.15) is 0 Å². The maximum atomic E-state index is 11.3. The highest BCUT2D eigenvalue weighted by atomic mass is 16.1. The molecule has 1 aliphatic carbocycles. The van der Waals surface area contributed by atoms with Crippen LogP contribution in [0.2, 0.25) is 0 Å². The summed E-state index contributed by atoms with van der Waals surface area (Å²) < 4.78 is 0. The zero-order chi connectivity index (χ0) is 13.1. The van der Waals surface area contributed by atoms with Gasteiger partial charge in [0.2, 0.25) is 5.78 Å². The number of hydrogen-bond donors (Lipinski definition) is 0. The second kappa shape index (κ2) is 4.97. The third kappa shape index (κ3) is 2.73. The quantitative estimate of drug-likeness (QED) is 0.311. The fraction of sp³-hybridized carbons (Fsp3) is 0.714. The van der Waals surface area contributed by atoms with E-state index in [2.05, 4.69) is 32.1 Å². The molecule has 0 aromatic carbocycles. The molecule has 0 saturated heterocycles. The molecule has 0 radical (unpaired) electrons. The van der Waals surface area contributed by atoms with E-state index in [9.17, 15) is 4.79 Å². The average Bonchev–Trinajstić information content (AvgIpc) is 2.51. The molecule has 0 N–H and O–H groups in total. The molecule has 1 atom stereocenters. The molecule has 1 fully saturated rings. The Morgan fingerprint density at radius 3 is 2.47 bits per heavy atom. The topological polar surface area (TPSA) is 53.5 Å². The van der Waals surface area contributed by atoms with E-state index in [1.165, 1.54) is 12.8 Å². The fourth-order valence-electron chi connectivity index (χ4n) is 2.83. The van der Waals surface area contributed by atoms with Crippen molar-refractivity contribution in [3.8, 4) is 0 Å². The van der Waals surface area contributed by atoms with E-state index in [0.29, 0.717) is 12.8 Å². The Bertz CT molecular complexity index is 378. The van der Waals surface area contributed by atoms with E-state index in [4.69, 9.17) is 5.53 Å². The van der Waals surface area contributed by atoms with Gasteiger partial charge in [-0.25, -0.2) is 0 Å². The predicted molar refractivity (Wildman–Crippen MR) is 68.8 cm³/mol. The van der Waals surface area contributed by atoms with Gasteiger partial charge >= 0.3 is 6.21 Å². The molecule has 0 heterocycles. The van der Waals surface area contributed by atoms with Crippen LogP contribution in [-0.2, 0) is 4.79 Å². The smallest absolute Gasteiger partial charge is 0.323 e. The maximum Gasteiger partial charge on any atom is 0.323 e. The molecule has 0 unspecified atom stereocenters. The van der Waals surface area contributed by atoms with Crippen molar-refractivity contribution < 1.29 is 9.58 Å². The lowest BCUT2D eigenvalue weighted by Crippen LogP contribution is -2.31. The average molecular weight is 234 g/mol. The lowest BCUT2D eigenvalue weighted by Gasteiger charge is -2.40. The standard InChI is InChI=1S/C14H22N2O/c1-11(6-7-12(17)10-16-15)14(4)9-5-8-13(14,2)3/h10H,1,5-9H2,2-4H3/t14-/m0/s1. The van der Waals surface area contributed by atoms with Crippen molar-refractivity contribution in [3.05, 3.63) is 17.7 Å². The first-order valence-corrected chi connectivity index (χ1v) is 6.22. The number of carbonyl (C=O) groups excluding carboxylic acids is 1.